The van der Waals surface area contributed by atoms with E-state index in [9.17, 15) is 18.0 Å². The van der Waals surface area contributed by atoms with E-state index in [-0.39, 0.29) is 22.5 Å². The third kappa shape index (κ3) is 4.21. The van der Waals surface area contributed by atoms with E-state index in [1.54, 1.807) is 30.0 Å². The molecule has 1 aromatic carbocycles. The van der Waals surface area contributed by atoms with E-state index in [1.807, 2.05) is 4.90 Å². The maximum Gasteiger partial charge on any atom is 0.263 e. The summed E-state index contributed by atoms with van der Waals surface area (Å²) < 4.78 is 26.9. The number of nitrogens with one attached hydrogen (secondary N) is 1. The number of nitrogens with zero attached hydrogens (tertiary/aromatic N) is 3. The summed E-state index contributed by atoms with van der Waals surface area (Å²) in [6.45, 7) is 3.70. The lowest BCUT2D eigenvalue weighted by molar-refractivity contribution is -0.140. The highest BCUT2D eigenvalue weighted by Gasteiger charge is 2.33. The number of amidine groups is 1. The fraction of sp³-hybridized carbons (Fsp3) is 0.571. The lowest BCUT2D eigenvalue weighted by Crippen LogP contribution is -2.52. The van der Waals surface area contributed by atoms with E-state index in [4.69, 9.17) is 0 Å². The van der Waals surface area contributed by atoms with Crippen LogP contribution in [0.5, 0.6) is 0 Å². The molecule has 2 amide bonds. The van der Waals surface area contributed by atoms with Gasteiger partial charge in [0.25, 0.3) is 10.0 Å². The van der Waals surface area contributed by atoms with Gasteiger partial charge in [-0.1, -0.05) is 25.0 Å². The Kier molecular flexibility index (Phi) is 5.81. The number of carbonyl (C=O) groups excluding carboxylic acids is 2. The number of carbonyl (C=O) groups is 2. The minimum atomic E-state index is -3.63. The summed E-state index contributed by atoms with van der Waals surface area (Å²) in [6.07, 6.45) is 5.36. The molecule has 0 unspecified atom stereocenters. The molecular weight excluding hydrogens is 404 g/mol. The van der Waals surface area contributed by atoms with Crippen LogP contribution in [0.3, 0.4) is 0 Å². The maximum atomic E-state index is 12.9. The van der Waals surface area contributed by atoms with Crippen molar-refractivity contribution in [3.05, 3.63) is 29.8 Å². The van der Waals surface area contributed by atoms with Crippen LogP contribution >= 0.6 is 0 Å². The molecule has 1 aliphatic carbocycles. The summed E-state index contributed by atoms with van der Waals surface area (Å²) >= 11 is 0. The van der Waals surface area contributed by atoms with Crippen molar-refractivity contribution in [1.29, 1.82) is 0 Å². The molecular formula is C21H28N4O4S. The highest BCUT2D eigenvalue weighted by atomic mass is 32.2. The van der Waals surface area contributed by atoms with Gasteiger partial charge >= 0.3 is 0 Å². The predicted octanol–water partition coefficient (Wildman–Crippen LogP) is 1.36. The van der Waals surface area contributed by atoms with Crippen molar-refractivity contribution in [3.8, 4) is 0 Å². The van der Waals surface area contributed by atoms with Crippen molar-refractivity contribution in [2.75, 3.05) is 26.2 Å². The van der Waals surface area contributed by atoms with Crippen molar-refractivity contribution in [1.82, 2.24) is 14.5 Å². The van der Waals surface area contributed by atoms with Gasteiger partial charge in [0, 0.05) is 38.2 Å². The first-order chi connectivity index (χ1) is 14.3. The number of amides is 2. The molecule has 1 saturated heterocycles. The number of aliphatic imine (C=N–C) groups is 1. The molecule has 1 aromatic rings. The van der Waals surface area contributed by atoms with Gasteiger partial charge in [0.2, 0.25) is 11.8 Å². The molecule has 0 radical (unpaired) electrons. The molecule has 3 aliphatic rings. The van der Waals surface area contributed by atoms with Crippen LogP contribution in [0.1, 0.15) is 44.6 Å². The Bertz CT molecular complexity index is 961. The predicted molar refractivity (Wildman–Crippen MR) is 112 cm³/mol. The van der Waals surface area contributed by atoms with Crippen molar-refractivity contribution < 1.29 is 18.0 Å². The zero-order valence-corrected chi connectivity index (χ0v) is 18.0. The number of hydrogen-bond donors (Lipinski definition) is 1. The van der Waals surface area contributed by atoms with E-state index >= 15 is 0 Å². The standard InChI is InChI=1S/C21H28N4O4S/c1-15(22-20-17-8-4-5-9-18(17)30(28,29)23-20)21(27)25-12-10-24(11-13-25)19(26)14-16-6-2-3-7-16/h4-5,8-9,15-16H,2-3,6-7,10-14H2,1H3,(H,22,23)/t15-/m0/s1. The quantitative estimate of drug-likeness (QED) is 0.777. The monoisotopic (exact) mass is 432 g/mol. The third-order valence-electron chi connectivity index (χ3n) is 6.22. The van der Waals surface area contributed by atoms with Crippen LogP contribution in [0.25, 0.3) is 0 Å². The molecule has 0 aromatic heterocycles. The van der Waals surface area contributed by atoms with Crippen LogP contribution < -0.4 is 4.72 Å². The maximum absolute atomic E-state index is 12.9. The molecule has 0 spiro atoms. The van der Waals surface area contributed by atoms with E-state index in [2.05, 4.69) is 9.71 Å². The minimum absolute atomic E-state index is 0.158. The molecule has 1 N–H and O–H groups in total. The first kappa shape index (κ1) is 20.8. The van der Waals surface area contributed by atoms with Crippen LogP contribution in [0.4, 0.5) is 0 Å². The number of sulfonamides is 1. The molecule has 9 heteroatoms. The normalized spacial score (nSPS) is 23.3. The highest BCUT2D eigenvalue weighted by Crippen LogP contribution is 2.28. The fourth-order valence-corrected chi connectivity index (χ4v) is 5.75. The number of benzene rings is 1. The van der Waals surface area contributed by atoms with Crippen molar-refractivity contribution in [2.45, 2.75) is 50.0 Å². The molecule has 8 nitrogen and oxygen atoms in total. The SMILES string of the molecule is C[C@H](N=C1NS(=O)(=O)c2ccccc21)C(=O)N1CCN(C(=O)CC2CCCC2)CC1. The van der Waals surface area contributed by atoms with Gasteiger partial charge in [0.1, 0.15) is 11.9 Å². The van der Waals surface area contributed by atoms with Gasteiger partial charge in [0.05, 0.1) is 4.90 Å². The Labute approximate surface area is 177 Å². The molecule has 1 atom stereocenters. The average Bonchev–Trinajstić information content (AvgIpc) is 3.34. The fourth-order valence-electron chi connectivity index (χ4n) is 4.51. The number of rotatable bonds is 4. The van der Waals surface area contributed by atoms with Gasteiger partial charge in [0.15, 0.2) is 0 Å². The molecule has 162 valence electrons. The Hall–Kier alpha value is -2.42. The zero-order valence-electron chi connectivity index (χ0n) is 17.2. The molecule has 2 heterocycles. The summed E-state index contributed by atoms with van der Waals surface area (Å²) in [7, 11) is -3.63. The summed E-state index contributed by atoms with van der Waals surface area (Å²) in [5.74, 6) is 0.760. The van der Waals surface area contributed by atoms with Crippen LogP contribution in [-0.2, 0) is 19.6 Å². The summed E-state index contributed by atoms with van der Waals surface area (Å²) in [4.78, 5) is 33.5. The van der Waals surface area contributed by atoms with Crippen LogP contribution in [0.2, 0.25) is 0 Å². The zero-order chi connectivity index (χ0) is 21.3. The van der Waals surface area contributed by atoms with Gasteiger partial charge < -0.3 is 9.80 Å². The summed E-state index contributed by atoms with van der Waals surface area (Å²) in [5, 5.41) is 0. The topological polar surface area (TPSA) is 99.1 Å². The van der Waals surface area contributed by atoms with Crippen LogP contribution in [0, 0.1) is 5.92 Å². The first-order valence-corrected chi connectivity index (χ1v) is 12.1. The average molecular weight is 433 g/mol. The Morgan fingerprint density at radius 2 is 1.73 bits per heavy atom. The van der Waals surface area contributed by atoms with Crippen molar-refractivity contribution in [2.24, 2.45) is 10.9 Å². The van der Waals surface area contributed by atoms with E-state index in [1.165, 1.54) is 18.9 Å². The second-order valence-corrected chi connectivity index (χ2v) is 9.97. The molecule has 2 fully saturated rings. The van der Waals surface area contributed by atoms with Crippen LogP contribution in [-0.4, -0.2) is 68.1 Å². The first-order valence-electron chi connectivity index (χ1n) is 10.6. The third-order valence-corrected chi connectivity index (χ3v) is 7.62. The largest absolute Gasteiger partial charge is 0.339 e. The molecule has 1 saturated carbocycles. The second kappa shape index (κ2) is 8.37. The Morgan fingerprint density at radius 3 is 2.43 bits per heavy atom. The van der Waals surface area contributed by atoms with Gasteiger partial charge in [-0.2, -0.15) is 0 Å². The molecule has 4 rings (SSSR count). The second-order valence-electron chi connectivity index (χ2n) is 8.32. The van der Waals surface area contributed by atoms with Crippen molar-refractivity contribution in [3.63, 3.8) is 0 Å². The Morgan fingerprint density at radius 1 is 1.10 bits per heavy atom. The van der Waals surface area contributed by atoms with E-state index in [0.717, 1.165) is 12.8 Å². The van der Waals surface area contributed by atoms with Gasteiger partial charge in [-0.15, -0.1) is 0 Å². The Balaban J connectivity index is 1.35. The van der Waals surface area contributed by atoms with E-state index in [0.29, 0.717) is 44.1 Å². The van der Waals surface area contributed by atoms with Crippen LogP contribution in [0.15, 0.2) is 34.2 Å². The molecule has 0 bridgehead atoms. The number of hydrogen-bond acceptors (Lipinski definition) is 5. The highest BCUT2D eigenvalue weighted by molar-refractivity contribution is 7.90. The minimum Gasteiger partial charge on any atom is -0.339 e. The van der Waals surface area contributed by atoms with Gasteiger partial charge in [-0.25, -0.2) is 8.42 Å². The lowest BCUT2D eigenvalue weighted by atomic mass is 10.0. The summed E-state index contributed by atoms with van der Waals surface area (Å²) in [6, 6.07) is 5.88. The van der Waals surface area contributed by atoms with Crippen molar-refractivity contribution >= 4 is 27.7 Å². The van der Waals surface area contributed by atoms with E-state index < -0.39 is 16.1 Å². The lowest BCUT2D eigenvalue weighted by Gasteiger charge is -2.36. The number of fused-ring (bicyclic) bond motifs is 1. The molecule has 30 heavy (non-hydrogen) atoms. The van der Waals surface area contributed by atoms with Gasteiger partial charge in [-0.3, -0.25) is 19.3 Å². The smallest absolute Gasteiger partial charge is 0.263 e. The summed E-state index contributed by atoms with van der Waals surface area (Å²) in [5.41, 5.74) is 0.486. The van der Waals surface area contributed by atoms with Gasteiger partial charge in [-0.05, 0) is 37.8 Å². The molecule has 2 aliphatic heterocycles. The number of piperazine rings is 1.